The van der Waals surface area contributed by atoms with Crippen LogP contribution in [0.15, 0.2) is 6.07 Å². The monoisotopic (exact) mass is 221 g/mol. The summed E-state index contributed by atoms with van der Waals surface area (Å²) in [7, 11) is 0. The maximum absolute atomic E-state index is 11.7. The molecule has 1 aromatic heterocycles. The zero-order chi connectivity index (χ0) is 11.5. The van der Waals surface area contributed by atoms with Crippen molar-refractivity contribution >= 4 is 11.9 Å². The Balaban J connectivity index is 2.05. The Morgan fingerprint density at radius 2 is 2.12 bits per heavy atom. The second-order valence-electron chi connectivity index (χ2n) is 3.97. The van der Waals surface area contributed by atoms with Crippen LogP contribution >= 0.6 is 0 Å². The van der Waals surface area contributed by atoms with Gasteiger partial charge in [-0.15, -0.1) is 0 Å². The van der Waals surface area contributed by atoms with Crippen LogP contribution in [0.5, 0.6) is 0 Å². The molecule has 16 heavy (non-hydrogen) atoms. The number of aromatic nitrogens is 2. The molecule has 0 saturated carbocycles. The number of rotatable bonds is 2. The number of ether oxygens (including phenoxy) is 1. The van der Waals surface area contributed by atoms with Crippen molar-refractivity contribution in [3.8, 4) is 0 Å². The zero-order valence-electron chi connectivity index (χ0n) is 9.49. The summed E-state index contributed by atoms with van der Waals surface area (Å²) >= 11 is 0. The summed E-state index contributed by atoms with van der Waals surface area (Å²) in [5, 5.41) is 2.68. The summed E-state index contributed by atoms with van der Waals surface area (Å²) in [4.78, 5) is 20.0. The van der Waals surface area contributed by atoms with Gasteiger partial charge >= 0.3 is 0 Å². The minimum absolute atomic E-state index is 0.150. The normalized spacial score (nSPS) is 19.8. The van der Waals surface area contributed by atoms with Crippen molar-refractivity contribution in [1.29, 1.82) is 0 Å². The number of nitrogens with zero attached hydrogens (tertiary/aromatic N) is 2. The average Bonchev–Trinajstić information content (AvgIpc) is 2.68. The van der Waals surface area contributed by atoms with E-state index in [2.05, 4.69) is 15.3 Å². The van der Waals surface area contributed by atoms with Gasteiger partial charge in [0.05, 0.1) is 0 Å². The van der Waals surface area contributed by atoms with Gasteiger partial charge in [-0.25, -0.2) is 9.97 Å². The summed E-state index contributed by atoms with van der Waals surface area (Å²) in [6.07, 6.45) is 1.37. The van der Waals surface area contributed by atoms with Crippen LogP contribution in [-0.2, 0) is 9.53 Å². The highest BCUT2D eigenvalue weighted by atomic mass is 16.5. The number of nitrogens with one attached hydrogen (secondary N) is 1. The molecule has 1 unspecified atom stereocenters. The SMILES string of the molecule is Cc1cc(C)nc(NC(=O)C2CCCO2)n1. The number of anilines is 1. The first-order chi connectivity index (χ1) is 7.65. The van der Waals surface area contributed by atoms with E-state index in [1.807, 2.05) is 19.9 Å². The van der Waals surface area contributed by atoms with Gasteiger partial charge in [0, 0.05) is 18.0 Å². The van der Waals surface area contributed by atoms with E-state index in [0.29, 0.717) is 12.6 Å². The standard InChI is InChI=1S/C11H15N3O2/c1-7-6-8(2)13-11(12-7)14-10(15)9-4-3-5-16-9/h6,9H,3-5H2,1-2H3,(H,12,13,14,15). The van der Waals surface area contributed by atoms with Crippen molar-refractivity contribution in [2.24, 2.45) is 0 Å². The van der Waals surface area contributed by atoms with Gasteiger partial charge in [-0.1, -0.05) is 0 Å². The van der Waals surface area contributed by atoms with E-state index < -0.39 is 0 Å². The Hall–Kier alpha value is -1.49. The highest BCUT2D eigenvalue weighted by Gasteiger charge is 2.24. The maximum Gasteiger partial charge on any atom is 0.255 e. The number of carbonyl (C=O) groups excluding carboxylic acids is 1. The topological polar surface area (TPSA) is 64.1 Å². The number of hydrogen-bond donors (Lipinski definition) is 1. The molecule has 1 atom stereocenters. The highest BCUT2D eigenvalue weighted by Crippen LogP contribution is 2.13. The van der Waals surface area contributed by atoms with Crippen LogP contribution in [0.4, 0.5) is 5.95 Å². The molecule has 1 saturated heterocycles. The van der Waals surface area contributed by atoms with Gasteiger partial charge in [-0.05, 0) is 32.8 Å². The Kier molecular flexibility index (Phi) is 3.14. The van der Waals surface area contributed by atoms with Crippen molar-refractivity contribution in [1.82, 2.24) is 9.97 Å². The number of carbonyl (C=O) groups is 1. The number of aryl methyl sites for hydroxylation is 2. The molecule has 5 heteroatoms. The Morgan fingerprint density at radius 3 is 2.69 bits per heavy atom. The van der Waals surface area contributed by atoms with Gasteiger partial charge in [0.1, 0.15) is 6.10 Å². The second kappa shape index (κ2) is 4.57. The van der Waals surface area contributed by atoms with Crippen LogP contribution in [0, 0.1) is 13.8 Å². The fourth-order valence-corrected chi connectivity index (χ4v) is 1.76. The highest BCUT2D eigenvalue weighted by molar-refractivity contribution is 5.92. The molecule has 2 heterocycles. The fourth-order valence-electron chi connectivity index (χ4n) is 1.76. The van der Waals surface area contributed by atoms with Crippen molar-refractivity contribution in [3.05, 3.63) is 17.5 Å². The van der Waals surface area contributed by atoms with Crippen LogP contribution < -0.4 is 5.32 Å². The van der Waals surface area contributed by atoms with E-state index in [0.717, 1.165) is 24.2 Å². The van der Waals surface area contributed by atoms with Gasteiger partial charge in [0.25, 0.3) is 5.91 Å². The molecule has 1 amide bonds. The lowest BCUT2D eigenvalue weighted by atomic mass is 10.2. The van der Waals surface area contributed by atoms with Gasteiger partial charge in [-0.3, -0.25) is 10.1 Å². The van der Waals surface area contributed by atoms with Crippen molar-refractivity contribution in [2.45, 2.75) is 32.8 Å². The largest absolute Gasteiger partial charge is 0.368 e. The molecule has 86 valence electrons. The summed E-state index contributed by atoms with van der Waals surface area (Å²) in [5.41, 5.74) is 1.69. The predicted octanol–water partition coefficient (Wildman–Crippen LogP) is 1.21. The minimum Gasteiger partial charge on any atom is -0.368 e. The smallest absolute Gasteiger partial charge is 0.255 e. The van der Waals surface area contributed by atoms with E-state index in [-0.39, 0.29) is 12.0 Å². The second-order valence-corrected chi connectivity index (χ2v) is 3.97. The molecular weight excluding hydrogens is 206 g/mol. The zero-order valence-corrected chi connectivity index (χ0v) is 9.49. The third-order valence-corrected chi connectivity index (χ3v) is 2.44. The lowest BCUT2D eigenvalue weighted by Crippen LogP contribution is -2.27. The first-order valence-corrected chi connectivity index (χ1v) is 5.40. The molecule has 2 rings (SSSR count). The van der Waals surface area contributed by atoms with Crippen LogP contribution in [0.3, 0.4) is 0 Å². The molecule has 0 aromatic carbocycles. The Morgan fingerprint density at radius 1 is 1.44 bits per heavy atom. The summed E-state index contributed by atoms with van der Waals surface area (Å²) in [5.74, 6) is 0.209. The number of hydrogen-bond acceptors (Lipinski definition) is 4. The number of amides is 1. The molecule has 0 spiro atoms. The fraction of sp³-hybridized carbons (Fsp3) is 0.545. The molecule has 1 aromatic rings. The summed E-state index contributed by atoms with van der Waals surface area (Å²) in [6, 6.07) is 1.86. The van der Waals surface area contributed by atoms with Crippen molar-refractivity contribution < 1.29 is 9.53 Å². The predicted molar refractivity (Wildman–Crippen MR) is 59.1 cm³/mol. The van der Waals surface area contributed by atoms with Crippen LogP contribution in [0.2, 0.25) is 0 Å². The van der Waals surface area contributed by atoms with Crippen LogP contribution in [0.25, 0.3) is 0 Å². The molecule has 0 radical (unpaired) electrons. The minimum atomic E-state index is -0.343. The third kappa shape index (κ3) is 2.55. The molecular formula is C11H15N3O2. The van der Waals surface area contributed by atoms with Gasteiger partial charge in [0.15, 0.2) is 0 Å². The van der Waals surface area contributed by atoms with Crippen molar-refractivity contribution in [2.75, 3.05) is 11.9 Å². The quantitative estimate of drug-likeness (QED) is 0.815. The molecule has 0 bridgehead atoms. The van der Waals surface area contributed by atoms with E-state index >= 15 is 0 Å². The lowest BCUT2D eigenvalue weighted by Gasteiger charge is -2.09. The van der Waals surface area contributed by atoms with E-state index in [4.69, 9.17) is 4.74 Å². The lowest BCUT2D eigenvalue weighted by molar-refractivity contribution is -0.124. The van der Waals surface area contributed by atoms with Crippen LogP contribution in [0.1, 0.15) is 24.2 Å². The van der Waals surface area contributed by atoms with Crippen LogP contribution in [-0.4, -0.2) is 28.6 Å². The average molecular weight is 221 g/mol. The van der Waals surface area contributed by atoms with E-state index in [1.54, 1.807) is 0 Å². The van der Waals surface area contributed by atoms with Gasteiger partial charge in [-0.2, -0.15) is 0 Å². The Labute approximate surface area is 94.2 Å². The third-order valence-electron chi connectivity index (χ3n) is 2.44. The molecule has 1 N–H and O–H groups in total. The summed E-state index contributed by atoms with van der Waals surface area (Å²) in [6.45, 7) is 4.40. The summed E-state index contributed by atoms with van der Waals surface area (Å²) < 4.78 is 5.28. The molecule has 1 aliphatic rings. The molecule has 5 nitrogen and oxygen atoms in total. The maximum atomic E-state index is 11.7. The first kappa shape index (κ1) is 11.0. The van der Waals surface area contributed by atoms with Gasteiger partial charge in [0.2, 0.25) is 5.95 Å². The van der Waals surface area contributed by atoms with Gasteiger partial charge < -0.3 is 4.74 Å². The van der Waals surface area contributed by atoms with E-state index in [1.165, 1.54) is 0 Å². The Bertz CT molecular complexity index is 380. The molecule has 1 aliphatic heterocycles. The first-order valence-electron chi connectivity index (χ1n) is 5.40. The van der Waals surface area contributed by atoms with Crippen molar-refractivity contribution in [3.63, 3.8) is 0 Å². The van der Waals surface area contributed by atoms with E-state index in [9.17, 15) is 4.79 Å². The molecule has 0 aliphatic carbocycles. The molecule has 1 fully saturated rings.